The highest BCUT2D eigenvalue weighted by molar-refractivity contribution is 7.71. The zero-order valence-electron chi connectivity index (χ0n) is 12.2. The van der Waals surface area contributed by atoms with Crippen LogP contribution in [0.5, 0.6) is 0 Å². The molecule has 0 amide bonds. The number of nitrogens with one attached hydrogen (secondary N) is 1. The van der Waals surface area contributed by atoms with Gasteiger partial charge in [0.25, 0.3) is 0 Å². The molecule has 1 heterocycles. The molecule has 0 aliphatic heterocycles. The molecule has 0 bridgehead atoms. The zero-order chi connectivity index (χ0) is 15.4. The van der Waals surface area contributed by atoms with Crippen molar-refractivity contribution in [3.8, 4) is 0 Å². The molecule has 3 aromatic rings. The first kappa shape index (κ1) is 14.4. The van der Waals surface area contributed by atoms with Gasteiger partial charge in [-0.3, -0.25) is 5.10 Å². The number of H-pyrrole nitrogens is 1. The van der Waals surface area contributed by atoms with E-state index in [9.17, 15) is 0 Å². The van der Waals surface area contributed by atoms with Gasteiger partial charge in [0.2, 0.25) is 4.77 Å². The average molecular weight is 308 g/mol. The summed E-state index contributed by atoms with van der Waals surface area (Å²) in [4.78, 5) is 0. The molecule has 1 N–H and O–H groups in total. The molecule has 0 saturated heterocycles. The van der Waals surface area contributed by atoms with Gasteiger partial charge in [0.05, 0.1) is 6.21 Å². The summed E-state index contributed by atoms with van der Waals surface area (Å²) in [5.41, 5.74) is 3.41. The van der Waals surface area contributed by atoms with Crippen molar-refractivity contribution < 1.29 is 0 Å². The molecule has 1 aromatic heterocycles. The maximum atomic E-state index is 5.27. The average Bonchev–Trinajstić information content (AvgIpc) is 2.88. The van der Waals surface area contributed by atoms with E-state index in [0.717, 1.165) is 11.4 Å². The van der Waals surface area contributed by atoms with E-state index < -0.39 is 0 Å². The smallest absolute Gasteiger partial charge is 0.216 e. The fourth-order valence-electron chi connectivity index (χ4n) is 2.19. The molecule has 5 heteroatoms. The Morgan fingerprint density at radius 3 is 2.64 bits per heavy atom. The van der Waals surface area contributed by atoms with E-state index in [4.69, 9.17) is 12.2 Å². The number of aromatic nitrogens is 3. The maximum Gasteiger partial charge on any atom is 0.216 e. The number of hydrogen-bond acceptors (Lipinski definition) is 3. The van der Waals surface area contributed by atoms with Crippen LogP contribution >= 0.6 is 12.2 Å². The van der Waals surface area contributed by atoms with E-state index >= 15 is 0 Å². The number of benzene rings is 2. The van der Waals surface area contributed by atoms with Crippen LogP contribution < -0.4 is 0 Å². The summed E-state index contributed by atoms with van der Waals surface area (Å²) in [6, 6.07) is 18.2. The first-order valence-corrected chi connectivity index (χ1v) is 7.45. The Kier molecular flexibility index (Phi) is 4.25. The molecule has 0 aliphatic rings. The predicted molar refractivity (Wildman–Crippen MR) is 90.8 cm³/mol. The number of aromatic amines is 1. The van der Waals surface area contributed by atoms with Crippen molar-refractivity contribution in [1.82, 2.24) is 14.9 Å². The van der Waals surface area contributed by atoms with Crippen molar-refractivity contribution >= 4 is 18.4 Å². The summed E-state index contributed by atoms with van der Waals surface area (Å²) >= 11 is 5.27. The second kappa shape index (κ2) is 6.49. The van der Waals surface area contributed by atoms with Crippen LogP contribution in [0, 0.1) is 11.7 Å². The largest absolute Gasteiger partial charge is 0.250 e. The lowest BCUT2D eigenvalue weighted by molar-refractivity contribution is 0.791. The molecule has 110 valence electrons. The summed E-state index contributed by atoms with van der Waals surface area (Å²) in [5, 5.41) is 11.6. The SMILES string of the molecule is Cc1ccccc1/C=N\n1c(Cc2ccccc2)n[nH]c1=S. The Hall–Kier alpha value is -2.53. The standard InChI is InChI=1S/C17H16N4S/c1-13-7-5-6-10-15(13)12-18-21-16(19-20-17(21)22)11-14-8-3-2-4-9-14/h2-10,12H,11H2,1H3,(H,20,22)/b18-12-. The maximum absolute atomic E-state index is 5.27. The van der Waals surface area contributed by atoms with E-state index in [1.807, 2.05) is 42.6 Å². The number of nitrogens with zero attached hydrogens (tertiary/aromatic N) is 3. The van der Waals surface area contributed by atoms with Crippen molar-refractivity contribution in [2.24, 2.45) is 5.10 Å². The molecular weight excluding hydrogens is 292 g/mol. The second-order valence-electron chi connectivity index (χ2n) is 5.02. The van der Waals surface area contributed by atoms with Crippen LogP contribution in [0.25, 0.3) is 0 Å². The Labute approximate surface area is 134 Å². The summed E-state index contributed by atoms with van der Waals surface area (Å²) in [6.07, 6.45) is 2.49. The van der Waals surface area contributed by atoms with E-state index in [1.165, 1.54) is 11.1 Å². The van der Waals surface area contributed by atoms with Gasteiger partial charge in [0.1, 0.15) is 0 Å². The van der Waals surface area contributed by atoms with E-state index in [0.29, 0.717) is 11.2 Å². The van der Waals surface area contributed by atoms with Crippen molar-refractivity contribution in [3.63, 3.8) is 0 Å². The van der Waals surface area contributed by atoms with Gasteiger partial charge >= 0.3 is 0 Å². The van der Waals surface area contributed by atoms with Gasteiger partial charge < -0.3 is 0 Å². The minimum absolute atomic E-state index is 0.496. The van der Waals surface area contributed by atoms with Gasteiger partial charge in [-0.05, 0) is 35.8 Å². The van der Waals surface area contributed by atoms with Crippen molar-refractivity contribution in [2.75, 3.05) is 0 Å². The molecule has 0 saturated carbocycles. The third-order valence-electron chi connectivity index (χ3n) is 3.42. The molecule has 0 atom stereocenters. The van der Waals surface area contributed by atoms with Gasteiger partial charge in [-0.15, -0.1) is 0 Å². The minimum atomic E-state index is 0.496. The van der Waals surface area contributed by atoms with E-state index in [-0.39, 0.29) is 0 Å². The molecule has 22 heavy (non-hydrogen) atoms. The van der Waals surface area contributed by atoms with Crippen LogP contribution in [0.4, 0.5) is 0 Å². The monoisotopic (exact) mass is 308 g/mol. The lowest BCUT2D eigenvalue weighted by atomic mass is 10.1. The molecule has 0 unspecified atom stereocenters. The normalized spacial score (nSPS) is 11.1. The Bertz CT molecular complexity index is 846. The Balaban J connectivity index is 1.90. The molecule has 0 spiro atoms. The molecule has 3 rings (SSSR count). The zero-order valence-corrected chi connectivity index (χ0v) is 13.0. The first-order valence-electron chi connectivity index (χ1n) is 7.04. The lowest BCUT2D eigenvalue weighted by Gasteiger charge is -2.02. The van der Waals surface area contributed by atoms with Crippen LogP contribution in [-0.2, 0) is 6.42 Å². The van der Waals surface area contributed by atoms with Gasteiger partial charge in [-0.1, -0.05) is 54.6 Å². The quantitative estimate of drug-likeness (QED) is 0.590. The van der Waals surface area contributed by atoms with Gasteiger partial charge in [0.15, 0.2) is 5.82 Å². The van der Waals surface area contributed by atoms with Crippen molar-refractivity contribution in [2.45, 2.75) is 13.3 Å². The molecule has 2 aromatic carbocycles. The molecule has 0 aliphatic carbocycles. The van der Waals surface area contributed by atoms with Crippen molar-refractivity contribution in [1.29, 1.82) is 0 Å². The summed E-state index contributed by atoms with van der Waals surface area (Å²) in [6.45, 7) is 2.06. The first-order chi connectivity index (χ1) is 10.7. The van der Waals surface area contributed by atoms with E-state index in [2.05, 4.69) is 40.4 Å². The topological polar surface area (TPSA) is 46.0 Å². The summed E-state index contributed by atoms with van der Waals surface area (Å²) < 4.78 is 2.17. The number of hydrogen-bond donors (Lipinski definition) is 1. The van der Waals surface area contributed by atoms with Crippen LogP contribution in [-0.4, -0.2) is 21.1 Å². The van der Waals surface area contributed by atoms with Gasteiger partial charge in [0, 0.05) is 6.42 Å². The third kappa shape index (κ3) is 3.20. The van der Waals surface area contributed by atoms with Crippen LogP contribution in [0.1, 0.15) is 22.5 Å². The summed E-state index contributed by atoms with van der Waals surface area (Å²) in [5.74, 6) is 0.793. The minimum Gasteiger partial charge on any atom is -0.250 e. The van der Waals surface area contributed by atoms with Gasteiger partial charge in [-0.25, -0.2) is 0 Å². The number of rotatable bonds is 4. The Morgan fingerprint density at radius 1 is 1.14 bits per heavy atom. The highest BCUT2D eigenvalue weighted by Crippen LogP contribution is 2.09. The fourth-order valence-corrected chi connectivity index (χ4v) is 2.39. The molecule has 0 fully saturated rings. The van der Waals surface area contributed by atoms with Crippen LogP contribution in [0.2, 0.25) is 0 Å². The molecule has 4 nitrogen and oxygen atoms in total. The highest BCUT2D eigenvalue weighted by Gasteiger charge is 2.06. The lowest BCUT2D eigenvalue weighted by Crippen LogP contribution is -2.00. The van der Waals surface area contributed by atoms with Crippen LogP contribution in [0.15, 0.2) is 59.7 Å². The Morgan fingerprint density at radius 2 is 1.86 bits per heavy atom. The second-order valence-corrected chi connectivity index (χ2v) is 5.41. The van der Waals surface area contributed by atoms with Crippen LogP contribution in [0.3, 0.4) is 0 Å². The summed E-state index contributed by atoms with van der Waals surface area (Å²) in [7, 11) is 0. The van der Waals surface area contributed by atoms with Gasteiger partial charge in [-0.2, -0.15) is 14.9 Å². The fraction of sp³-hybridized carbons (Fsp3) is 0.118. The highest BCUT2D eigenvalue weighted by atomic mass is 32.1. The van der Waals surface area contributed by atoms with Crippen molar-refractivity contribution in [3.05, 3.63) is 81.9 Å². The molecule has 0 radical (unpaired) electrons. The molecular formula is C17H16N4S. The number of aryl methyl sites for hydroxylation is 1. The van der Waals surface area contributed by atoms with E-state index in [1.54, 1.807) is 4.68 Å². The third-order valence-corrected chi connectivity index (χ3v) is 3.69. The predicted octanol–water partition coefficient (Wildman–Crippen LogP) is 3.72.